The largest absolute Gasteiger partial charge is 0.299 e. The van der Waals surface area contributed by atoms with E-state index in [0.29, 0.717) is 5.41 Å². The SMILES string of the molecule is CC1C=C2CN(CCC2(C)C)C1. The number of rotatable bonds is 0. The minimum Gasteiger partial charge on any atom is -0.299 e. The predicted molar refractivity (Wildman–Crippen MR) is 52.1 cm³/mol. The van der Waals surface area contributed by atoms with Crippen molar-refractivity contribution in [2.45, 2.75) is 27.2 Å². The average Bonchev–Trinajstić information content (AvgIpc) is 1.98. The maximum absolute atomic E-state index is 2.59. The van der Waals surface area contributed by atoms with Crippen LogP contribution in [0.25, 0.3) is 0 Å². The first kappa shape index (κ1) is 8.31. The molecule has 0 aromatic carbocycles. The Morgan fingerprint density at radius 1 is 1.50 bits per heavy atom. The monoisotopic (exact) mass is 165 g/mol. The fourth-order valence-electron chi connectivity index (χ4n) is 2.37. The Bertz CT molecular complexity index is 215. The summed E-state index contributed by atoms with van der Waals surface area (Å²) in [6.45, 7) is 10.9. The van der Waals surface area contributed by atoms with Crippen molar-refractivity contribution in [1.29, 1.82) is 0 Å². The molecule has 1 saturated heterocycles. The summed E-state index contributed by atoms with van der Waals surface area (Å²) < 4.78 is 0. The molecule has 0 N–H and O–H groups in total. The highest BCUT2D eigenvalue weighted by Gasteiger charge is 2.33. The van der Waals surface area contributed by atoms with Gasteiger partial charge in [-0.15, -0.1) is 0 Å². The molecular formula is C11H19N. The van der Waals surface area contributed by atoms with Crippen molar-refractivity contribution in [2.75, 3.05) is 19.6 Å². The quantitative estimate of drug-likeness (QED) is 0.498. The molecule has 2 bridgehead atoms. The van der Waals surface area contributed by atoms with Crippen LogP contribution in [-0.2, 0) is 0 Å². The standard InChI is InChI=1S/C11H19N/c1-9-6-10-8-12(7-9)5-4-11(10,2)3/h6,9H,4-5,7-8H2,1-3H3. The van der Waals surface area contributed by atoms with Crippen LogP contribution in [0.3, 0.4) is 0 Å². The van der Waals surface area contributed by atoms with Gasteiger partial charge in [0.05, 0.1) is 0 Å². The molecule has 0 amide bonds. The molecule has 2 aliphatic rings. The van der Waals surface area contributed by atoms with Crippen LogP contribution in [0.2, 0.25) is 0 Å². The van der Waals surface area contributed by atoms with Crippen molar-refractivity contribution in [3.8, 4) is 0 Å². The molecular weight excluding hydrogens is 146 g/mol. The van der Waals surface area contributed by atoms with Gasteiger partial charge in [0, 0.05) is 13.1 Å². The Labute approximate surface area is 75.4 Å². The van der Waals surface area contributed by atoms with Crippen molar-refractivity contribution < 1.29 is 0 Å². The molecule has 0 radical (unpaired) electrons. The summed E-state index contributed by atoms with van der Waals surface area (Å²) in [6.07, 6.45) is 3.83. The van der Waals surface area contributed by atoms with Gasteiger partial charge in [0.15, 0.2) is 0 Å². The zero-order valence-corrected chi connectivity index (χ0v) is 8.43. The molecule has 2 aliphatic heterocycles. The van der Waals surface area contributed by atoms with Crippen LogP contribution in [0.15, 0.2) is 11.6 Å². The van der Waals surface area contributed by atoms with Crippen molar-refractivity contribution >= 4 is 0 Å². The molecule has 1 heteroatoms. The highest BCUT2D eigenvalue weighted by Crippen LogP contribution is 2.38. The summed E-state index contributed by atoms with van der Waals surface area (Å²) in [5.41, 5.74) is 2.15. The molecule has 2 unspecified atom stereocenters. The smallest absolute Gasteiger partial charge is 0.0198 e. The minimum atomic E-state index is 0.477. The molecule has 0 spiro atoms. The molecule has 0 saturated carbocycles. The first-order valence-corrected chi connectivity index (χ1v) is 5.01. The van der Waals surface area contributed by atoms with E-state index < -0.39 is 0 Å². The zero-order chi connectivity index (χ0) is 8.77. The third kappa shape index (κ3) is 1.31. The topological polar surface area (TPSA) is 3.24 Å². The normalized spacial score (nSPS) is 39.1. The van der Waals surface area contributed by atoms with Gasteiger partial charge in [-0.05, 0) is 24.3 Å². The Balaban J connectivity index is 2.27. The van der Waals surface area contributed by atoms with E-state index in [0.717, 1.165) is 5.92 Å². The van der Waals surface area contributed by atoms with Crippen LogP contribution in [0, 0.1) is 11.3 Å². The van der Waals surface area contributed by atoms with E-state index in [4.69, 9.17) is 0 Å². The van der Waals surface area contributed by atoms with E-state index in [2.05, 4.69) is 31.7 Å². The lowest BCUT2D eigenvalue weighted by Crippen LogP contribution is -2.44. The maximum Gasteiger partial charge on any atom is 0.0198 e. The fraction of sp³-hybridized carbons (Fsp3) is 0.818. The van der Waals surface area contributed by atoms with Gasteiger partial charge in [0.2, 0.25) is 0 Å². The van der Waals surface area contributed by atoms with Gasteiger partial charge in [-0.2, -0.15) is 0 Å². The van der Waals surface area contributed by atoms with Gasteiger partial charge < -0.3 is 0 Å². The zero-order valence-electron chi connectivity index (χ0n) is 8.43. The number of hydrogen-bond acceptors (Lipinski definition) is 1. The van der Waals surface area contributed by atoms with Crippen molar-refractivity contribution in [1.82, 2.24) is 4.90 Å². The highest BCUT2D eigenvalue weighted by molar-refractivity contribution is 5.20. The lowest BCUT2D eigenvalue weighted by Gasteiger charge is -2.44. The van der Waals surface area contributed by atoms with Crippen LogP contribution < -0.4 is 0 Å². The summed E-state index contributed by atoms with van der Waals surface area (Å²) >= 11 is 0. The minimum absolute atomic E-state index is 0.477. The van der Waals surface area contributed by atoms with Gasteiger partial charge in [0.25, 0.3) is 0 Å². The van der Waals surface area contributed by atoms with Gasteiger partial charge >= 0.3 is 0 Å². The molecule has 1 nitrogen and oxygen atoms in total. The molecule has 0 aromatic rings. The van der Waals surface area contributed by atoms with Crippen LogP contribution in [0.4, 0.5) is 0 Å². The lowest BCUT2D eigenvalue weighted by atomic mass is 9.75. The van der Waals surface area contributed by atoms with Crippen LogP contribution in [-0.4, -0.2) is 24.5 Å². The molecule has 2 rings (SSSR count). The third-order valence-electron chi connectivity index (χ3n) is 3.35. The molecule has 0 aromatic heterocycles. The molecule has 12 heavy (non-hydrogen) atoms. The summed E-state index contributed by atoms with van der Waals surface area (Å²) in [5.74, 6) is 0.772. The number of hydrogen-bond donors (Lipinski definition) is 0. The third-order valence-corrected chi connectivity index (χ3v) is 3.35. The lowest BCUT2D eigenvalue weighted by molar-refractivity contribution is 0.163. The first-order valence-electron chi connectivity index (χ1n) is 5.01. The van der Waals surface area contributed by atoms with Gasteiger partial charge in [-0.1, -0.05) is 32.4 Å². The van der Waals surface area contributed by atoms with E-state index in [9.17, 15) is 0 Å². The summed E-state index contributed by atoms with van der Waals surface area (Å²) in [5, 5.41) is 0. The maximum atomic E-state index is 2.59. The fourth-order valence-corrected chi connectivity index (χ4v) is 2.37. The van der Waals surface area contributed by atoms with E-state index in [1.54, 1.807) is 5.57 Å². The number of nitrogens with zero attached hydrogens (tertiary/aromatic N) is 1. The van der Waals surface area contributed by atoms with Crippen molar-refractivity contribution in [2.24, 2.45) is 11.3 Å². The number of piperidine rings is 1. The van der Waals surface area contributed by atoms with Crippen molar-refractivity contribution in [3.05, 3.63) is 11.6 Å². The highest BCUT2D eigenvalue weighted by atomic mass is 15.1. The molecule has 0 aliphatic carbocycles. The molecule has 1 fully saturated rings. The second kappa shape index (κ2) is 2.59. The first-order chi connectivity index (χ1) is 5.58. The van der Waals surface area contributed by atoms with Gasteiger partial charge in [-0.25, -0.2) is 0 Å². The van der Waals surface area contributed by atoms with Crippen LogP contribution >= 0.6 is 0 Å². The summed E-state index contributed by atoms with van der Waals surface area (Å²) in [4.78, 5) is 2.59. The Hall–Kier alpha value is -0.300. The summed E-state index contributed by atoms with van der Waals surface area (Å²) in [7, 11) is 0. The number of fused-ring (bicyclic) bond motifs is 2. The van der Waals surface area contributed by atoms with Crippen LogP contribution in [0.1, 0.15) is 27.2 Å². The Morgan fingerprint density at radius 2 is 2.25 bits per heavy atom. The molecule has 2 heterocycles. The summed E-state index contributed by atoms with van der Waals surface area (Å²) in [6, 6.07) is 0. The molecule has 68 valence electrons. The van der Waals surface area contributed by atoms with E-state index >= 15 is 0 Å². The van der Waals surface area contributed by atoms with Crippen molar-refractivity contribution in [3.63, 3.8) is 0 Å². The van der Waals surface area contributed by atoms with Gasteiger partial charge in [-0.3, -0.25) is 4.90 Å². The Morgan fingerprint density at radius 3 is 3.00 bits per heavy atom. The second-order valence-electron chi connectivity index (χ2n) is 5.04. The van der Waals surface area contributed by atoms with E-state index in [-0.39, 0.29) is 0 Å². The Kier molecular flexibility index (Phi) is 1.80. The van der Waals surface area contributed by atoms with Gasteiger partial charge in [0.1, 0.15) is 0 Å². The predicted octanol–water partition coefficient (Wildman–Crippen LogP) is 2.29. The molecule has 2 atom stereocenters. The average molecular weight is 165 g/mol. The van der Waals surface area contributed by atoms with Crippen LogP contribution in [0.5, 0.6) is 0 Å². The van der Waals surface area contributed by atoms with E-state index in [1.807, 2.05) is 0 Å². The van der Waals surface area contributed by atoms with E-state index in [1.165, 1.54) is 26.1 Å². The second-order valence-corrected chi connectivity index (χ2v) is 5.04.